The van der Waals surface area contributed by atoms with E-state index in [1.807, 2.05) is 18.2 Å². The molecular weight excluding hydrogens is 256 g/mol. The minimum absolute atomic E-state index is 0.0165. The van der Waals surface area contributed by atoms with E-state index in [1.54, 1.807) is 18.5 Å². The van der Waals surface area contributed by atoms with Crippen LogP contribution in [0.3, 0.4) is 0 Å². The lowest BCUT2D eigenvalue weighted by Gasteiger charge is -2.21. The Labute approximate surface area is 117 Å². The molecule has 0 spiro atoms. The number of para-hydroxylation sites is 1. The molecule has 0 unspecified atom stereocenters. The average Bonchev–Trinajstić information content (AvgIpc) is 2.53. The van der Waals surface area contributed by atoms with Crippen LogP contribution in [-0.2, 0) is 13.2 Å². The lowest BCUT2D eigenvalue weighted by molar-refractivity contribution is 0.170. The van der Waals surface area contributed by atoms with Gasteiger partial charge in [-0.1, -0.05) is 12.1 Å². The number of aliphatic hydroxyl groups excluding tert-OH is 1. The second-order valence-corrected chi connectivity index (χ2v) is 4.49. The maximum absolute atomic E-state index is 9.30. The number of aromatic nitrogens is 1. The number of hydrogen-bond acceptors (Lipinski definition) is 5. The standard InChI is InChI=1S/C15H16N2O3/c18-10-12-4-5-16-9-13(12)17-8-11-2-1-3-14-15(11)20-7-6-19-14/h1-5,9,17-18H,6-8,10H2. The fourth-order valence-corrected chi connectivity index (χ4v) is 2.18. The van der Waals surface area contributed by atoms with Crippen molar-refractivity contribution in [1.82, 2.24) is 4.98 Å². The molecule has 0 saturated carbocycles. The van der Waals surface area contributed by atoms with Crippen molar-refractivity contribution in [2.75, 3.05) is 18.5 Å². The fourth-order valence-electron chi connectivity index (χ4n) is 2.18. The molecule has 20 heavy (non-hydrogen) atoms. The summed E-state index contributed by atoms with van der Waals surface area (Å²) >= 11 is 0. The topological polar surface area (TPSA) is 63.6 Å². The van der Waals surface area contributed by atoms with Crippen LogP contribution in [0.5, 0.6) is 11.5 Å². The van der Waals surface area contributed by atoms with Crippen LogP contribution in [0.25, 0.3) is 0 Å². The molecule has 1 aliphatic heterocycles. The quantitative estimate of drug-likeness (QED) is 0.890. The number of fused-ring (bicyclic) bond motifs is 1. The van der Waals surface area contributed by atoms with Gasteiger partial charge in [0.25, 0.3) is 0 Å². The van der Waals surface area contributed by atoms with Crippen LogP contribution in [0.1, 0.15) is 11.1 Å². The fraction of sp³-hybridized carbons (Fsp3) is 0.267. The van der Waals surface area contributed by atoms with Crippen LogP contribution >= 0.6 is 0 Å². The van der Waals surface area contributed by atoms with Crippen LogP contribution < -0.4 is 14.8 Å². The van der Waals surface area contributed by atoms with E-state index in [1.165, 1.54) is 0 Å². The summed E-state index contributed by atoms with van der Waals surface area (Å²) in [7, 11) is 0. The highest BCUT2D eigenvalue weighted by molar-refractivity contribution is 5.52. The maximum atomic E-state index is 9.30. The highest BCUT2D eigenvalue weighted by Gasteiger charge is 2.15. The zero-order chi connectivity index (χ0) is 13.8. The summed E-state index contributed by atoms with van der Waals surface area (Å²) in [5, 5.41) is 12.6. The second-order valence-electron chi connectivity index (χ2n) is 4.49. The minimum Gasteiger partial charge on any atom is -0.486 e. The molecule has 2 N–H and O–H groups in total. The molecule has 2 heterocycles. The molecule has 1 aliphatic rings. The SMILES string of the molecule is OCc1ccncc1NCc1cccc2c1OCCO2. The summed E-state index contributed by atoms with van der Waals surface area (Å²) in [5.41, 5.74) is 2.67. The molecule has 2 aromatic rings. The van der Waals surface area contributed by atoms with E-state index >= 15 is 0 Å². The lowest BCUT2D eigenvalue weighted by Crippen LogP contribution is -2.17. The first kappa shape index (κ1) is 12.7. The van der Waals surface area contributed by atoms with Crippen molar-refractivity contribution in [2.24, 2.45) is 0 Å². The zero-order valence-corrected chi connectivity index (χ0v) is 11.0. The normalized spacial score (nSPS) is 13.1. The van der Waals surface area contributed by atoms with Crippen molar-refractivity contribution >= 4 is 5.69 Å². The molecule has 0 amide bonds. The average molecular weight is 272 g/mol. The molecule has 5 heteroatoms. The number of aliphatic hydroxyl groups is 1. The van der Waals surface area contributed by atoms with Gasteiger partial charge in [-0.05, 0) is 12.1 Å². The Balaban J connectivity index is 1.79. The van der Waals surface area contributed by atoms with Gasteiger partial charge in [-0.2, -0.15) is 0 Å². The molecule has 0 saturated heterocycles. The zero-order valence-electron chi connectivity index (χ0n) is 11.0. The molecule has 5 nitrogen and oxygen atoms in total. The first-order valence-electron chi connectivity index (χ1n) is 6.53. The van der Waals surface area contributed by atoms with Crippen LogP contribution in [0, 0.1) is 0 Å². The van der Waals surface area contributed by atoms with Crippen molar-refractivity contribution < 1.29 is 14.6 Å². The second kappa shape index (κ2) is 5.79. The van der Waals surface area contributed by atoms with Crippen molar-refractivity contribution in [1.29, 1.82) is 0 Å². The van der Waals surface area contributed by atoms with E-state index in [2.05, 4.69) is 10.3 Å². The molecule has 1 aromatic heterocycles. The van der Waals surface area contributed by atoms with E-state index in [-0.39, 0.29) is 6.61 Å². The highest BCUT2D eigenvalue weighted by atomic mass is 16.6. The molecule has 0 bridgehead atoms. The van der Waals surface area contributed by atoms with Gasteiger partial charge in [0.2, 0.25) is 0 Å². The molecule has 1 aromatic carbocycles. The molecule has 0 aliphatic carbocycles. The minimum atomic E-state index is -0.0165. The van der Waals surface area contributed by atoms with Crippen molar-refractivity contribution in [2.45, 2.75) is 13.2 Å². The van der Waals surface area contributed by atoms with Gasteiger partial charge in [0, 0.05) is 23.9 Å². The summed E-state index contributed by atoms with van der Waals surface area (Å²) in [5.74, 6) is 1.57. The van der Waals surface area contributed by atoms with Gasteiger partial charge in [-0.25, -0.2) is 0 Å². The molecule has 0 atom stereocenters. The molecular formula is C15H16N2O3. The number of pyridine rings is 1. The Bertz CT molecular complexity index is 601. The van der Waals surface area contributed by atoms with Gasteiger partial charge in [-0.3, -0.25) is 4.98 Å². The Morgan fingerprint density at radius 2 is 2.05 bits per heavy atom. The predicted molar refractivity (Wildman–Crippen MR) is 74.9 cm³/mol. The molecule has 0 radical (unpaired) electrons. The number of ether oxygens (including phenoxy) is 2. The molecule has 104 valence electrons. The third-order valence-electron chi connectivity index (χ3n) is 3.20. The Hall–Kier alpha value is -2.27. The summed E-state index contributed by atoms with van der Waals surface area (Å²) in [4.78, 5) is 4.06. The lowest BCUT2D eigenvalue weighted by atomic mass is 10.1. The van der Waals surface area contributed by atoms with Crippen molar-refractivity contribution in [3.8, 4) is 11.5 Å². The predicted octanol–water partition coefficient (Wildman–Crippen LogP) is 1.96. The first-order chi connectivity index (χ1) is 9.88. The van der Waals surface area contributed by atoms with E-state index in [0.717, 1.165) is 28.3 Å². The van der Waals surface area contributed by atoms with Gasteiger partial charge >= 0.3 is 0 Å². The monoisotopic (exact) mass is 272 g/mol. The van der Waals surface area contributed by atoms with Gasteiger partial charge in [0.05, 0.1) is 18.5 Å². The van der Waals surface area contributed by atoms with Gasteiger partial charge < -0.3 is 19.9 Å². The van der Waals surface area contributed by atoms with Crippen LogP contribution in [0.4, 0.5) is 5.69 Å². The van der Waals surface area contributed by atoms with Crippen LogP contribution in [0.15, 0.2) is 36.7 Å². The third kappa shape index (κ3) is 2.53. The smallest absolute Gasteiger partial charge is 0.166 e. The molecule has 0 fully saturated rings. The number of nitrogens with zero attached hydrogens (tertiary/aromatic N) is 1. The van der Waals surface area contributed by atoms with Gasteiger partial charge in [0.15, 0.2) is 11.5 Å². The number of nitrogens with one attached hydrogen (secondary N) is 1. The van der Waals surface area contributed by atoms with Gasteiger partial charge in [-0.15, -0.1) is 0 Å². The van der Waals surface area contributed by atoms with E-state index in [0.29, 0.717) is 19.8 Å². The first-order valence-corrected chi connectivity index (χ1v) is 6.53. The van der Waals surface area contributed by atoms with E-state index < -0.39 is 0 Å². The highest BCUT2D eigenvalue weighted by Crippen LogP contribution is 2.34. The van der Waals surface area contributed by atoms with Crippen LogP contribution in [0.2, 0.25) is 0 Å². The summed E-state index contributed by atoms with van der Waals surface area (Å²) in [6.07, 6.45) is 3.37. The Kier molecular flexibility index (Phi) is 3.69. The van der Waals surface area contributed by atoms with E-state index in [4.69, 9.17) is 9.47 Å². The number of rotatable bonds is 4. The number of benzene rings is 1. The third-order valence-corrected chi connectivity index (χ3v) is 3.20. The Morgan fingerprint density at radius 3 is 2.95 bits per heavy atom. The van der Waals surface area contributed by atoms with E-state index in [9.17, 15) is 5.11 Å². The van der Waals surface area contributed by atoms with Crippen molar-refractivity contribution in [3.05, 3.63) is 47.8 Å². The summed E-state index contributed by atoms with van der Waals surface area (Å²) < 4.78 is 11.2. The summed E-state index contributed by atoms with van der Waals surface area (Å²) in [6.45, 7) is 1.72. The maximum Gasteiger partial charge on any atom is 0.166 e. The van der Waals surface area contributed by atoms with Crippen molar-refractivity contribution in [3.63, 3.8) is 0 Å². The Morgan fingerprint density at radius 1 is 1.15 bits per heavy atom. The van der Waals surface area contributed by atoms with Gasteiger partial charge in [0.1, 0.15) is 13.2 Å². The summed E-state index contributed by atoms with van der Waals surface area (Å²) in [6, 6.07) is 7.64. The largest absolute Gasteiger partial charge is 0.486 e. The molecule has 3 rings (SSSR count). The number of anilines is 1. The number of hydrogen-bond donors (Lipinski definition) is 2. The van der Waals surface area contributed by atoms with Crippen LogP contribution in [-0.4, -0.2) is 23.3 Å².